The van der Waals surface area contributed by atoms with Crippen LogP contribution < -0.4 is 0 Å². The molecule has 1 fully saturated rings. The lowest BCUT2D eigenvalue weighted by molar-refractivity contribution is -0.156. The van der Waals surface area contributed by atoms with Crippen molar-refractivity contribution in [1.82, 2.24) is 0 Å². The lowest BCUT2D eigenvalue weighted by Crippen LogP contribution is -2.41. The van der Waals surface area contributed by atoms with Crippen molar-refractivity contribution in [2.45, 2.75) is 33.3 Å². The van der Waals surface area contributed by atoms with E-state index < -0.39 is 35.3 Å². The number of cyclic esters (lactones) is 1. The van der Waals surface area contributed by atoms with Crippen LogP contribution in [0.3, 0.4) is 0 Å². The fourth-order valence-corrected chi connectivity index (χ4v) is 3.34. The third-order valence-electron chi connectivity index (χ3n) is 4.52. The summed E-state index contributed by atoms with van der Waals surface area (Å²) in [5.74, 6) is -3.60. The third-order valence-corrected chi connectivity index (χ3v) is 4.52. The van der Waals surface area contributed by atoms with Crippen molar-refractivity contribution in [1.29, 1.82) is 0 Å². The van der Waals surface area contributed by atoms with Gasteiger partial charge in [-0.1, -0.05) is 36.8 Å². The summed E-state index contributed by atoms with van der Waals surface area (Å²) < 4.78 is 10.1. The highest BCUT2D eigenvalue weighted by Gasteiger charge is 2.57. The molecule has 1 heterocycles. The minimum absolute atomic E-state index is 0.115. The van der Waals surface area contributed by atoms with Gasteiger partial charge >= 0.3 is 11.9 Å². The first-order chi connectivity index (χ1) is 10.7. The molecule has 0 amide bonds. The second kappa shape index (κ2) is 6.14. The lowest BCUT2D eigenvalue weighted by atomic mass is 9.72. The van der Waals surface area contributed by atoms with E-state index in [0.29, 0.717) is 5.56 Å². The number of rotatable bonds is 4. The Kier molecular flexibility index (Phi) is 4.59. The molecule has 2 rings (SSSR count). The second-order valence-corrected chi connectivity index (χ2v) is 6.57. The molecule has 0 aliphatic carbocycles. The highest BCUT2D eigenvalue weighted by atomic mass is 16.6. The molecule has 5 nitrogen and oxygen atoms in total. The van der Waals surface area contributed by atoms with Gasteiger partial charge in [-0.15, -0.1) is 0 Å². The van der Waals surface area contributed by atoms with Crippen LogP contribution in [0, 0.1) is 24.7 Å². The fraction of sp³-hybridized carbons (Fsp3) is 0.500. The van der Waals surface area contributed by atoms with Crippen molar-refractivity contribution in [2.75, 3.05) is 7.11 Å². The minimum Gasteiger partial charge on any atom is -0.468 e. The van der Waals surface area contributed by atoms with Gasteiger partial charge < -0.3 is 9.47 Å². The zero-order chi connectivity index (χ0) is 17.4. The molecule has 0 unspecified atom stereocenters. The number of hydrogen-bond acceptors (Lipinski definition) is 5. The number of carbonyl (C=O) groups is 3. The Labute approximate surface area is 136 Å². The summed E-state index contributed by atoms with van der Waals surface area (Å²) in [4.78, 5) is 36.8. The largest absolute Gasteiger partial charge is 0.468 e. The molecule has 0 spiro atoms. The smallest absolute Gasteiger partial charge is 0.321 e. The third kappa shape index (κ3) is 3.14. The molecule has 23 heavy (non-hydrogen) atoms. The van der Waals surface area contributed by atoms with Gasteiger partial charge in [0.1, 0.15) is 5.60 Å². The Hall–Kier alpha value is -2.17. The van der Waals surface area contributed by atoms with Crippen LogP contribution in [-0.2, 0) is 19.1 Å². The van der Waals surface area contributed by atoms with E-state index in [2.05, 4.69) is 0 Å². The van der Waals surface area contributed by atoms with Crippen molar-refractivity contribution in [3.05, 3.63) is 35.4 Å². The zero-order valence-electron chi connectivity index (χ0n) is 14.1. The van der Waals surface area contributed by atoms with Crippen LogP contribution in [0.4, 0.5) is 0 Å². The topological polar surface area (TPSA) is 69.7 Å². The molecular weight excluding hydrogens is 296 g/mol. The predicted molar refractivity (Wildman–Crippen MR) is 83.8 cm³/mol. The summed E-state index contributed by atoms with van der Waals surface area (Å²) in [5, 5.41) is 0. The first kappa shape index (κ1) is 17.2. The van der Waals surface area contributed by atoms with Gasteiger partial charge in [-0.3, -0.25) is 14.4 Å². The maximum Gasteiger partial charge on any atom is 0.321 e. The maximum absolute atomic E-state index is 12.8. The van der Waals surface area contributed by atoms with E-state index >= 15 is 0 Å². The molecule has 0 N–H and O–H groups in total. The van der Waals surface area contributed by atoms with Gasteiger partial charge in [-0.05, 0) is 20.8 Å². The Morgan fingerprint density at radius 2 is 1.78 bits per heavy atom. The molecule has 1 aliphatic heterocycles. The van der Waals surface area contributed by atoms with Crippen LogP contribution in [0.1, 0.15) is 36.7 Å². The lowest BCUT2D eigenvalue weighted by Gasteiger charge is -2.30. The molecule has 0 bridgehead atoms. The van der Waals surface area contributed by atoms with Crippen LogP contribution in [0.15, 0.2) is 24.3 Å². The van der Waals surface area contributed by atoms with Crippen LogP contribution in [0.2, 0.25) is 0 Å². The summed E-state index contributed by atoms with van der Waals surface area (Å²) in [7, 11) is 1.23. The number of aryl methyl sites for hydroxylation is 1. The molecule has 124 valence electrons. The predicted octanol–water partition coefficient (Wildman–Crippen LogP) is 2.55. The second-order valence-electron chi connectivity index (χ2n) is 6.57. The number of esters is 2. The van der Waals surface area contributed by atoms with Gasteiger partial charge in [0.25, 0.3) is 0 Å². The number of ether oxygens (including phenoxy) is 2. The first-order valence-electron chi connectivity index (χ1n) is 7.60. The number of ketones is 1. The number of methoxy groups -OCH3 is 1. The summed E-state index contributed by atoms with van der Waals surface area (Å²) in [6, 6.07) is 7.23. The molecule has 0 saturated carbocycles. The average molecular weight is 318 g/mol. The van der Waals surface area contributed by atoms with Crippen LogP contribution in [0.25, 0.3) is 0 Å². The van der Waals surface area contributed by atoms with E-state index in [0.717, 1.165) is 5.56 Å². The standard InChI is InChI=1S/C18H22O5/c1-10-6-8-12(9-7-10)15(19)11(2)14-13(16(20)22-5)17(21)23-18(14,3)4/h6-9,11,13-14H,1-5H3/t11-,13-,14-/m1/s1. The first-order valence-corrected chi connectivity index (χ1v) is 7.60. The van der Waals surface area contributed by atoms with Crippen LogP contribution in [-0.4, -0.2) is 30.4 Å². The van der Waals surface area contributed by atoms with Crippen molar-refractivity contribution in [3.63, 3.8) is 0 Å². The van der Waals surface area contributed by atoms with E-state index in [1.807, 2.05) is 19.1 Å². The monoisotopic (exact) mass is 318 g/mol. The van der Waals surface area contributed by atoms with Crippen LogP contribution in [0.5, 0.6) is 0 Å². The number of hydrogen-bond donors (Lipinski definition) is 0. The van der Waals surface area contributed by atoms with E-state index in [1.54, 1.807) is 32.9 Å². The molecule has 1 saturated heterocycles. The molecule has 0 radical (unpaired) electrons. The fourth-order valence-electron chi connectivity index (χ4n) is 3.34. The van der Waals surface area contributed by atoms with Crippen molar-refractivity contribution in [3.8, 4) is 0 Å². The molecule has 0 aromatic heterocycles. The molecule has 5 heteroatoms. The van der Waals surface area contributed by atoms with E-state index in [4.69, 9.17) is 9.47 Å². The summed E-state index contributed by atoms with van der Waals surface area (Å²) in [6.45, 7) is 7.11. The van der Waals surface area contributed by atoms with Gasteiger partial charge in [-0.25, -0.2) is 0 Å². The van der Waals surface area contributed by atoms with E-state index in [-0.39, 0.29) is 5.78 Å². The number of benzene rings is 1. The Bertz CT molecular complexity index is 629. The zero-order valence-corrected chi connectivity index (χ0v) is 14.1. The normalized spacial score (nSPS) is 24.0. The van der Waals surface area contributed by atoms with Gasteiger partial charge in [0.2, 0.25) is 0 Å². The quantitative estimate of drug-likeness (QED) is 0.485. The van der Waals surface area contributed by atoms with Crippen LogP contribution >= 0.6 is 0 Å². The van der Waals surface area contributed by atoms with E-state index in [1.165, 1.54) is 7.11 Å². The van der Waals surface area contributed by atoms with Crippen molar-refractivity contribution in [2.24, 2.45) is 17.8 Å². The van der Waals surface area contributed by atoms with E-state index in [9.17, 15) is 14.4 Å². The summed E-state index contributed by atoms with van der Waals surface area (Å²) in [6.07, 6.45) is 0. The number of Topliss-reactive ketones (excluding diaryl/α,β-unsaturated/α-hetero) is 1. The summed E-state index contributed by atoms with van der Waals surface area (Å²) in [5.41, 5.74) is 0.707. The molecule has 1 aliphatic rings. The van der Waals surface area contributed by atoms with Gasteiger partial charge in [0, 0.05) is 17.4 Å². The maximum atomic E-state index is 12.8. The molecular formula is C18H22O5. The Morgan fingerprint density at radius 1 is 1.22 bits per heavy atom. The number of carbonyl (C=O) groups excluding carboxylic acids is 3. The molecule has 1 aromatic carbocycles. The van der Waals surface area contributed by atoms with Gasteiger partial charge in [0.15, 0.2) is 11.7 Å². The highest BCUT2D eigenvalue weighted by Crippen LogP contribution is 2.43. The molecule has 3 atom stereocenters. The van der Waals surface area contributed by atoms with Gasteiger partial charge in [-0.2, -0.15) is 0 Å². The SMILES string of the molecule is COC(=O)[C@@H]1C(=O)OC(C)(C)[C@@H]1[C@@H](C)C(=O)c1ccc(C)cc1. The highest BCUT2D eigenvalue weighted by molar-refractivity contribution is 6.01. The summed E-state index contributed by atoms with van der Waals surface area (Å²) >= 11 is 0. The van der Waals surface area contributed by atoms with Crippen molar-refractivity contribution >= 4 is 17.7 Å². The Morgan fingerprint density at radius 3 is 2.30 bits per heavy atom. The van der Waals surface area contributed by atoms with Crippen molar-refractivity contribution < 1.29 is 23.9 Å². The average Bonchev–Trinajstić information content (AvgIpc) is 2.74. The minimum atomic E-state index is -1.07. The molecule has 1 aromatic rings. The Balaban J connectivity index is 2.35. The van der Waals surface area contributed by atoms with Gasteiger partial charge in [0.05, 0.1) is 7.11 Å².